The Morgan fingerprint density at radius 3 is 2.75 bits per heavy atom. The van der Waals surface area contributed by atoms with Crippen molar-refractivity contribution in [2.24, 2.45) is 0 Å². The predicted molar refractivity (Wildman–Crippen MR) is 92.2 cm³/mol. The Kier molecular flexibility index (Phi) is 4.65. The molecule has 0 saturated carbocycles. The smallest absolute Gasteiger partial charge is 0.137 e. The molecule has 0 bridgehead atoms. The van der Waals surface area contributed by atoms with Crippen molar-refractivity contribution in [2.45, 2.75) is 19.0 Å². The van der Waals surface area contributed by atoms with Crippen LogP contribution in [0.2, 0.25) is 0 Å². The molecule has 2 aromatic rings. The first-order valence-corrected chi connectivity index (χ1v) is 8.80. The van der Waals surface area contributed by atoms with Crippen LogP contribution < -0.4 is 5.32 Å². The average molecular weight is 329 g/mol. The largest absolute Gasteiger partial charge is 0.460 e. The van der Waals surface area contributed by atoms with Crippen molar-refractivity contribution in [3.05, 3.63) is 48.0 Å². The Morgan fingerprint density at radius 1 is 1.08 bits per heavy atom. The Morgan fingerprint density at radius 2 is 1.92 bits per heavy atom. The van der Waals surface area contributed by atoms with Gasteiger partial charge in [0.2, 0.25) is 0 Å². The molecule has 2 aliphatic heterocycles. The van der Waals surface area contributed by atoms with E-state index in [1.807, 2.05) is 18.2 Å². The molecule has 4 rings (SSSR count). The van der Waals surface area contributed by atoms with Crippen molar-refractivity contribution in [1.82, 2.24) is 15.1 Å². The van der Waals surface area contributed by atoms with Gasteiger partial charge in [-0.05, 0) is 30.7 Å². The van der Waals surface area contributed by atoms with Crippen LogP contribution in [0.1, 0.15) is 12.2 Å². The predicted octanol–water partition coefficient (Wildman–Crippen LogP) is 2.57. The van der Waals surface area contributed by atoms with Gasteiger partial charge in [-0.2, -0.15) is 0 Å². The van der Waals surface area contributed by atoms with Gasteiger partial charge in [0.1, 0.15) is 17.3 Å². The number of nitrogens with one attached hydrogen (secondary N) is 1. The number of hydrogen-bond donors (Lipinski definition) is 1. The van der Waals surface area contributed by atoms with Crippen LogP contribution in [0, 0.1) is 5.82 Å². The second-order valence-electron chi connectivity index (χ2n) is 6.71. The highest BCUT2D eigenvalue weighted by molar-refractivity contribution is 5.58. The minimum Gasteiger partial charge on any atom is -0.460 e. The Bertz CT molecular complexity index is 681. The van der Waals surface area contributed by atoms with E-state index in [0.29, 0.717) is 17.4 Å². The van der Waals surface area contributed by atoms with Crippen LogP contribution >= 0.6 is 0 Å². The molecule has 0 aliphatic carbocycles. The number of benzene rings is 1. The van der Waals surface area contributed by atoms with Gasteiger partial charge < -0.3 is 9.73 Å². The molecule has 1 aromatic carbocycles. The lowest BCUT2D eigenvalue weighted by Crippen LogP contribution is -2.49. The molecule has 2 saturated heterocycles. The lowest BCUT2D eigenvalue weighted by molar-refractivity contribution is 0.168. The van der Waals surface area contributed by atoms with Crippen LogP contribution in [0.25, 0.3) is 11.3 Å². The zero-order valence-corrected chi connectivity index (χ0v) is 13.9. The third-order valence-corrected chi connectivity index (χ3v) is 5.10. The van der Waals surface area contributed by atoms with Crippen LogP contribution in [0.4, 0.5) is 4.39 Å². The highest BCUT2D eigenvalue weighted by atomic mass is 19.1. The first-order chi connectivity index (χ1) is 11.8. The number of halogens is 1. The van der Waals surface area contributed by atoms with Crippen molar-refractivity contribution in [3.63, 3.8) is 0 Å². The molecule has 3 heterocycles. The van der Waals surface area contributed by atoms with Gasteiger partial charge in [0.15, 0.2) is 0 Å². The molecule has 1 unspecified atom stereocenters. The topological polar surface area (TPSA) is 31.6 Å². The maximum Gasteiger partial charge on any atom is 0.137 e. The van der Waals surface area contributed by atoms with E-state index in [0.717, 1.165) is 51.6 Å². The summed E-state index contributed by atoms with van der Waals surface area (Å²) in [5.74, 6) is 1.29. The summed E-state index contributed by atoms with van der Waals surface area (Å²) in [5, 5.41) is 3.41. The van der Waals surface area contributed by atoms with Crippen LogP contribution in [0.3, 0.4) is 0 Å². The number of nitrogens with zero attached hydrogens (tertiary/aromatic N) is 2. The molecule has 0 radical (unpaired) electrons. The fourth-order valence-electron chi connectivity index (χ4n) is 3.79. The summed E-state index contributed by atoms with van der Waals surface area (Å²) in [6.07, 6.45) is 1.22. The molecule has 24 heavy (non-hydrogen) atoms. The van der Waals surface area contributed by atoms with E-state index in [2.05, 4.69) is 15.1 Å². The third-order valence-electron chi connectivity index (χ3n) is 5.10. The van der Waals surface area contributed by atoms with Gasteiger partial charge in [-0.1, -0.05) is 12.1 Å². The first kappa shape index (κ1) is 15.8. The molecule has 1 aromatic heterocycles. The minimum atomic E-state index is -0.238. The SMILES string of the molecule is Fc1ccccc1-c1ccc(CN2CCC(N3CCNCC3)C2)o1. The van der Waals surface area contributed by atoms with Crippen LogP contribution in [-0.4, -0.2) is 55.1 Å². The molecule has 2 fully saturated rings. The van der Waals surface area contributed by atoms with Crippen molar-refractivity contribution in [3.8, 4) is 11.3 Å². The lowest BCUT2D eigenvalue weighted by Gasteiger charge is -2.32. The van der Waals surface area contributed by atoms with E-state index in [1.165, 1.54) is 12.5 Å². The minimum absolute atomic E-state index is 0.238. The van der Waals surface area contributed by atoms with Gasteiger partial charge in [0.25, 0.3) is 0 Å². The van der Waals surface area contributed by atoms with Gasteiger partial charge in [-0.3, -0.25) is 9.80 Å². The molecule has 4 nitrogen and oxygen atoms in total. The number of furan rings is 1. The zero-order chi connectivity index (χ0) is 16.4. The highest BCUT2D eigenvalue weighted by Crippen LogP contribution is 2.26. The first-order valence-electron chi connectivity index (χ1n) is 8.80. The zero-order valence-electron chi connectivity index (χ0n) is 13.9. The Labute approximate surface area is 142 Å². The molecule has 2 aliphatic rings. The van der Waals surface area contributed by atoms with E-state index >= 15 is 0 Å². The van der Waals surface area contributed by atoms with Gasteiger partial charge in [0, 0.05) is 45.3 Å². The van der Waals surface area contributed by atoms with Crippen molar-refractivity contribution < 1.29 is 8.81 Å². The van der Waals surface area contributed by atoms with Crippen molar-refractivity contribution in [1.29, 1.82) is 0 Å². The number of piperazine rings is 1. The van der Waals surface area contributed by atoms with Gasteiger partial charge in [0.05, 0.1) is 12.1 Å². The van der Waals surface area contributed by atoms with Crippen LogP contribution in [0.5, 0.6) is 0 Å². The number of hydrogen-bond acceptors (Lipinski definition) is 4. The summed E-state index contributed by atoms with van der Waals surface area (Å²) in [6, 6.07) is 11.3. The molecule has 1 N–H and O–H groups in total. The van der Waals surface area contributed by atoms with Crippen LogP contribution in [-0.2, 0) is 6.54 Å². The van der Waals surface area contributed by atoms with E-state index in [-0.39, 0.29) is 5.82 Å². The van der Waals surface area contributed by atoms with E-state index in [4.69, 9.17) is 4.42 Å². The second kappa shape index (κ2) is 7.05. The monoisotopic (exact) mass is 329 g/mol. The fourth-order valence-corrected chi connectivity index (χ4v) is 3.79. The summed E-state index contributed by atoms with van der Waals surface area (Å²) in [5.41, 5.74) is 0.531. The Hall–Kier alpha value is -1.69. The van der Waals surface area contributed by atoms with Gasteiger partial charge in [-0.15, -0.1) is 0 Å². The molecule has 128 valence electrons. The maximum absolute atomic E-state index is 13.9. The summed E-state index contributed by atoms with van der Waals surface area (Å²) in [6.45, 7) is 7.49. The number of likely N-dealkylation sites (tertiary alicyclic amines) is 1. The third kappa shape index (κ3) is 3.38. The fraction of sp³-hybridized carbons (Fsp3) is 0.474. The molecule has 0 spiro atoms. The molecule has 5 heteroatoms. The molecular formula is C19H24FN3O. The van der Waals surface area contributed by atoms with E-state index in [1.54, 1.807) is 12.1 Å². The average Bonchev–Trinajstić information content (AvgIpc) is 3.26. The van der Waals surface area contributed by atoms with Crippen LogP contribution in [0.15, 0.2) is 40.8 Å². The normalized spacial score (nSPS) is 23.0. The summed E-state index contributed by atoms with van der Waals surface area (Å²) in [4.78, 5) is 5.04. The van der Waals surface area contributed by atoms with Gasteiger partial charge >= 0.3 is 0 Å². The van der Waals surface area contributed by atoms with Crippen molar-refractivity contribution in [2.75, 3.05) is 39.3 Å². The lowest BCUT2D eigenvalue weighted by atomic mass is 10.1. The molecule has 0 amide bonds. The molecule has 1 atom stereocenters. The van der Waals surface area contributed by atoms with E-state index < -0.39 is 0 Å². The maximum atomic E-state index is 13.9. The van der Waals surface area contributed by atoms with Crippen molar-refractivity contribution >= 4 is 0 Å². The van der Waals surface area contributed by atoms with Gasteiger partial charge in [-0.25, -0.2) is 4.39 Å². The number of rotatable bonds is 4. The highest BCUT2D eigenvalue weighted by Gasteiger charge is 2.28. The summed E-state index contributed by atoms with van der Waals surface area (Å²) < 4.78 is 19.8. The summed E-state index contributed by atoms with van der Waals surface area (Å²) >= 11 is 0. The standard InChI is InChI=1S/C19H24FN3O/c20-18-4-2-1-3-17(18)19-6-5-16(24-19)14-22-10-7-15(13-22)23-11-8-21-9-12-23/h1-6,15,21H,7-14H2. The second-order valence-corrected chi connectivity index (χ2v) is 6.71. The quantitative estimate of drug-likeness (QED) is 0.934. The van der Waals surface area contributed by atoms with E-state index in [9.17, 15) is 4.39 Å². The summed E-state index contributed by atoms with van der Waals surface area (Å²) in [7, 11) is 0. The Balaban J connectivity index is 1.37. The molecular weight excluding hydrogens is 305 g/mol.